The van der Waals surface area contributed by atoms with E-state index >= 15 is 0 Å². The van der Waals surface area contributed by atoms with Crippen molar-refractivity contribution in [1.29, 1.82) is 0 Å². The van der Waals surface area contributed by atoms with Gasteiger partial charge in [0.2, 0.25) is 0 Å². The van der Waals surface area contributed by atoms with E-state index in [2.05, 4.69) is 5.32 Å². The molecule has 1 amide bonds. The first-order valence-corrected chi connectivity index (χ1v) is 6.77. The molecule has 110 valence electrons. The Morgan fingerprint density at radius 1 is 1.19 bits per heavy atom. The molecule has 0 unspecified atom stereocenters. The Morgan fingerprint density at radius 2 is 1.86 bits per heavy atom. The van der Waals surface area contributed by atoms with E-state index in [1.807, 2.05) is 31.2 Å². The highest BCUT2D eigenvalue weighted by Crippen LogP contribution is 2.17. The monoisotopic (exact) mass is 285 g/mol. The summed E-state index contributed by atoms with van der Waals surface area (Å²) in [5, 5.41) is 12.8. The van der Waals surface area contributed by atoms with Crippen LogP contribution < -0.4 is 10.1 Å². The number of aryl methyl sites for hydroxylation is 1. The van der Waals surface area contributed by atoms with Crippen molar-refractivity contribution in [1.82, 2.24) is 5.32 Å². The molecule has 0 fully saturated rings. The molecule has 4 heteroatoms. The molecule has 0 saturated heterocycles. The number of aliphatic hydroxyl groups excluding tert-OH is 1. The Kier molecular flexibility index (Phi) is 4.95. The molecule has 0 saturated carbocycles. The van der Waals surface area contributed by atoms with Crippen molar-refractivity contribution >= 4 is 5.91 Å². The van der Waals surface area contributed by atoms with Crippen LogP contribution in [0.15, 0.2) is 48.5 Å². The SMILES string of the molecule is COc1ccccc1C(=O)NC[C@@H](O)c1ccc(C)cc1. The molecule has 0 bridgehead atoms. The topological polar surface area (TPSA) is 58.6 Å². The van der Waals surface area contributed by atoms with Gasteiger partial charge in [-0.05, 0) is 24.6 Å². The van der Waals surface area contributed by atoms with E-state index < -0.39 is 6.10 Å². The number of aliphatic hydroxyl groups is 1. The molecular weight excluding hydrogens is 266 g/mol. The lowest BCUT2D eigenvalue weighted by Crippen LogP contribution is -2.28. The van der Waals surface area contributed by atoms with Gasteiger partial charge in [-0.15, -0.1) is 0 Å². The van der Waals surface area contributed by atoms with Gasteiger partial charge in [0.05, 0.1) is 18.8 Å². The number of rotatable bonds is 5. The molecule has 2 rings (SSSR count). The highest BCUT2D eigenvalue weighted by Gasteiger charge is 2.13. The van der Waals surface area contributed by atoms with Crippen molar-refractivity contribution in [3.05, 3.63) is 65.2 Å². The predicted molar refractivity (Wildman–Crippen MR) is 81.5 cm³/mol. The highest BCUT2D eigenvalue weighted by atomic mass is 16.5. The van der Waals surface area contributed by atoms with Crippen LogP contribution in [0.5, 0.6) is 5.75 Å². The number of methoxy groups -OCH3 is 1. The highest BCUT2D eigenvalue weighted by molar-refractivity contribution is 5.96. The predicted octanol–water partition coefficient (Wildman–Crippen LogP) is 2.47. The van der Waals surface area contributed by atoms with Gasteiger partial charge in [0.25, 0.3) is 5.91 Å². The molecule has 0 radical (unpaired) electrons. The van der Waals surface area contributed by atoms with Crippen LogP contribution in [0.1, 0.15) is 27.6 Å². The van der Waals surface area contributed by atoms with Crippen molar-refractivity contribution < 1.29 is 14.6 Å². The van der Waals surface area contributed by atoms with Gasteiger partial charge in [-0.3, -0.25) is 4.79 Å². The van der Waals surface area contributed by atoms with Crippen molar-refractivity contribution in [2.75, 3.05) is 13.7 Å². The Bertz CT molecular complexity index is 608. The number of para-hydroxylation sites is 1. The number of amides is 1. The van der Waals surface area contributed by atoms with Crippen LogP contribution in [-0.2, 0) is 0 Å². The van der Waals surface area contributed by atoms with Crippen LogP contribution in [0.2, 0.25) is 0 Å². The zero-order valence-electron chi connectivity index (χ0n) is 12.2. The Hall–Kier alpha value is -2.33. The van der Waals surface area contributed by atoms with Gasteiger partial charge in [-0.2, -0.15) is 0 Å². The fraction of sp³-hybridized carbons (Fsp3) is 0.235. The number of carbonyl (C=O) groups excluding carboxylic acids is 1. The lowest BCUT2D eigenvalue weighted by molar-refractivity contribution is 0.0913. The Balaban J connectivity index is 1.99. The van der Waals surface area contributed by atoms with E-state index in [0.29, 0.717) is 11.3 Å². The van der Waals surface area contributed by atoms with E-state index in [1.54, 1.807) is 24.3 Å². The van der Waals surface area contributed by atoms with Gasteiger partial charge in [0, 0.05) is 6.54 Å². The quantitative estimate of drug-likeness (QED) is 0.887. The van der Waals surface area contributed by atoms with Crippen LogP contribution in [-0.4, -0.2) is 24.7 Å². The lowest BCUT2D eigenvalue weighted by atomic mass is 10.1. The van der Waals surface area contributed by atoms with Crippen LogP contribution in [0.25, 0.3) is 0 Å². The van der Waals surface area contributed by atoms with Crippen LogP contribution in [0.4, 0.5) is 0 Å². The molecule has 0 spiro atoms. The average Bonchev–Trinajstić information content (AvgIpc) is 2.52. The van der Waals surface area contributed by atoms with E-state index in [9.17, 15) is 9.90 Å². The number of carbonyl (C=O) groups is 1. The number of ether oxygens (including phenoxy) is 1. The first-order valence-electron chi connectivity index (χ1n) is 6.77. The Labute approximate surface area is 124 Å². The molecule has 2 aromatic rings. The fourth-order valence-electron chi connectivity index (χ4n) is 2.02. The third kappa shape index (κ3) is 3.83. The first kappa shape index (κ1) is 15.1. The molecule has 4 nitrogen and oxygen atoms in total. The summed E-state index contributed by atoms with van der Waals surface area (Å²) >= 11 is 0. The molecule has 2 aromatic carbocycles. The van der Waals surface area contributed by atoms with Crippen LogP contribution >= 0.6 is 0 Å². The molecule has 0 heterocycles. The third-order valence-corrected chi connectivity index (χ3v) is 3.27. The normalized spacial score (nSPS) is 11.8. The maximum Gasteiger partial charge on any atom is 0.255 e. The summed E-state index contributed by atoms with van der Waals surface area (Å²) < 4.78 is 5.15. The van der Waals surface area contributed by atoms with Crippen molar-refractivity contribution in [2.24, 2.45) is 0 Å². The molecule has 0 aliphatic carbocycles. The number of nitrogens with one attached hydrogen (secondary N) is 1. The summed E-state index contributed by atoms with van der Waals surface area (Å²) in [7, 11) is 1.52. The van der Waals surface area contributed by atoms with Crippen LogP contribution in [0.3, 0.4) is 0 Å². The number of hydrogen-bond donors (Lipinski definition) is 2. The third-order valence-electron chi connectivity index (χ3n) is 3.27. The molecule has 0 aliphatic heterocycles. The van der Waals surface area contributed by atoms with Gasteiger partial charge < -0.3 is 15.2 Å². The standard InChI is InChI=1S/C17H19NO3/c1-12-7-9-13(10-8-12)15(19)11-18-17(20)14-5-3-4-6-16(14)21-2/h3-10,15,19H,11H2,1-2H3,(H,18,20)/t15-/m1/s1. The van der Waals surface area contributed by atoms with Gasteiger partial charge >= 0.3 is 0 Å². The first-order chi connectivity index (χ1) is 10.1. The van der Waals surface area contributed by atoms with Gasteiger partial charge in [-0.25, -0.2) is 0 Å². The van der Waals surface area contributed by atoms with E-state index in [0.717, 1.165) is 11.1 Å². The zero-order valence-corrected chi connectivity index (χ0v) is 12.2. The van der Waals surface area contributed by atoms with E-state index in [-0.39, 0.29) is 12.5 Å². The molecule has 0 aliphatic rings. The fourth-order valence-corrected chi connectivity index (χ4v) is 2.02. The minimum Gasteiger partial charge on any atom is -0.496 e. The van der Waals surface area contributed by atoms with Gasteiger partial charge in [0.15, 0.2) is 0 Å². The average molecular weight is 285 g/mol. The Morgan fingerprint density at radius 3 is 2.52 bits per heavy atom. The summed E-state index contributed by atoms with van der Waals surface area (Å²) in [6.45, 7) is 2.14. The smallest absolute Gasteiger partial charge is 0.255 e. The summed E-state index contributed by atoms with van der Waals surface area (Å²) in [5.74, 6) is 0.249. The van der Waals surface area contributed by atoms with E-state index in [4.69, 9.17) is 4.74 Å². The second-order valence-corrected chi connectivity index (χ2v) is 4.84. The summed E-state index contributed by atoms with van der Waals surface area (Å²) in [6, 6.07) is 14.6. The largest absolute Gasteiger partial charge is 0.496 e. The van der Waals surface area contributed by atoms with Gasteiger partial charge in [0.1, 0.15) is 5.75 Å². The second kappa shape index (κ2) is 6.90. The summed E-state index contributed by atoms with van der Waals surface area (Å²) in [5.41, 5.74) is 2.36. The molecule has 2 N–H and O–H groups in total. The lowest BCUT2D eigenvalue weighted by Gasteiger charge is -2.13. The second-order valence-electron chi connectivity index (χ2n) is 4.84. The van der Waals surface area contributed by atoms with Crippen molar-refractivity contribution in [3.8, 4) is 5.75 Å². The molecule has 1 atom stereocenters. The minimum absolute atomic E-state index is 0.153. The minimum atomic E-state index is -0.732. The van der Waals surface area contributed by atoms with E-state index in [1.165, 1.54) is 7.11 Å². The zero-order chi connectivity index (χ0) is 15.2. The van der Waals surface area contributed by atoms with Crippen molar-refractivity contribution in [2.45, 2.75) is 13.0 Å². The molecule has 21 heavy (non-hydrogen) atoms. The summed E-state index contributed by atoms with van der Waals surface area (Å²) in [6.07, 6.45) is -0.732. The number of benzene rings is 2. The molecular formula is C17H19NO3. The maximum atomic E-state index is 12.1. The van der Waals surface area contributed by atoms with Crippen molar-refractivity contribution in [3.63, 3.8) is 0 Å². The molecule has 0 aromatic heterocycles. The summed E-state index contributed by atoms with van der Waals surface area (Å²) in [4.78, 5) is 12.1. The van der Waals surface area contributed by atoms with Crippen LogP contribution in [0, 0.1) is 6.92 Å². The maximum absolute atomic E-state index is 12.1. The van der Waals surface area contributed by atoms with Gasteiger partial charge in [-0.1, -0.05) is 42.0 Å². The number of hydrogen-bond acceptors (Lipinski definition) is 3.